The van der Waals surface area contributed by atoms with Gasteiger partial charge >= 0.3 is 7.82 Å². The van der Waals surface area contributed by atoms with Crippen molar-refractivity contribution in [2.75, 3.05) is 6.54 Å². The molecule has 0 bridgehead atoms. The maximum Gasteiger partial charge on any atom is 0.524 e. The zero-order valence-corrected chi connectivity index (χ0v) is 23.5. The summed E-state index contributed by atoms with van der Waals surface area (Å²) in [6, 6.07) is 14.0. The van der Waals surface area contributed by atoms with E-state index in [0.29, 0.717) is 37.1 Å². The predicted molar refractivity (Wildman–Crippen MR) is 147 cm³/mol. The summed E-state index contributed by atoms with van der Waals surface area (Å²) in [6.07, 6.45) is 2.61. The minimum absolute atomic E-state index is 0.00398. The summed E-state index contributed by atoms with van der Waals surface area (Å²) in [5, 5.41) is 5.75. The van der Waals surface area contributed by atoms with Gasteiger partial charge in [-0.05, 0) is 54.0 Å². The van der Waals surface area contributed by atoms with Gasteiger partial charge in [-0.25, -0.2) is 4.57 Å². The van der Waals surface area contributed by atoms with E-state index in [1.54, 1.807) is 24.0 Å². The van der Waals surface area contributed by atoms with Gasteiger partial charge in [0.05, 0.1) is 0 Å². The van der Waals surface area contributed by atoms with Gasteiger partial charge in [0.2, 0.25) is 17.7 Å². The Morgan fingerprint density at radius 3 is 2.33 bits per heavy atom. The van der Waals surface area contributed by atoms with Gasteiger partial charge in [-0.2, -0.15) is 0 Å². The number of nitrogens with one attached hydrogen (secondary N) is 2. The number of phosphoric acid groups is 1. The molecule has 1 aliphatic rings. The summed E-state index contributed by atoms with van der Waals surface area (Å²) in [6.45, 7) is 8.07. The standard InChI is InChI=1S/C28H36N3O7P/c1-19(21-12-14-22(15-13-21)38-39(35,36)37)17-24(32)30-25(28(2,3)4)27(34)31-16-8-11-23(31)26(33)29-18-20-9-6-5-7-10-20/h5-7,9-10,12-15,17,23,25H,8,11,16,18H2,1-4H3,(H,29,33)(H,30,32)(H2,35,36,37)/b19-17+/t23-,25+/m0/s1. The number of hydrogen-bond acceptors (Lipinski definition) is 5. The van der Waals surface area contributed by atoms with Gasteiger partial charge in [0, 0.05) is 19.2 Å². The first kappa shape index (κ1) is 30.1. The van der Waals surface area contributed by atoms with E-state index in [4.69, 9.17) is 9.79 Å². The van der Waals surface area contributed by atoms with Crippen molar-refractivity contribution in [2.45, 2.75) is 59.2 Å². The largest absolute Gasteiger partial charge is 0.524 e. The number of carbonyl (C=O) groups excluding carboxylic acids is 3. The third-order valence-electron chi connectivity index (χ3n) is 6.43. The van der Waals surface area contributed by atoms with Gasteiger partial charge in [0.1, 0.15) is 17.8 Å². The lowest BCUT2D eigenvalue weighted by Crippen LogP contribution is -2.57. The molecule has 1 heterocycles. The van der Waals surface area contributed by atoms with Crippen LogP contribution >= 0.6 is 7.82 Å². The predicted octanol–water partition coefficient (Wildman–Crippen LogP) is 3.40. The lowest BCUT2D eigenvalue weighted by Gasteiger charge is -2.35. The molecule has 0 saturated carbocycles. The first-order valence-electron chi connectivity index (χ1n) is 12.7. The van der Waals surface area contributed by atoms with Crippen molar-refractivity contribution in [1.29, 1.82) is 0 Å². The number of hydrogen-bond donors (Lipinski definition) is 4. The number of rotatable bonds is 9. The highest BCUT2D eigenvalue weighted by atomic mass is 31.2. The molecule has 10 nitrogen and oxygen atoms in total. The Morgan fingerprint density at radius 1 is 1.10 bits per heavy atom. The number of nitrogens with zero attached hydrogens (tertiary/aromatic N) is 1. The van der Waals surface area contributed by atoms with E-state index in [1.165, 1.54) is 18.2 Å². The van der Waals surface area contributed by atoms with Crippen molar-refractivity contribution in [3.05, 3.63) is 71.8 Å². The Kier molecular flexibility index (Phi) is 9.72. The smallest absolute Gasteiger partial charge is 0.404 e. The molecular weight excluding hydrogens is 521 g/mol. The molecule has 0 aliphatic carbocycles. The number of likely N-dealkylation sites (tertiary alicyclic amines) is 1. The van der Waals surface area contributed by atoms with Crippen molar-refractivity contribution in [2.24, 2.45) is 5.41 Å². The van der Waals surface area contributed by atoms with Gasteiger partial charge in [0.25, 0.3) is 0 Å². The highest BCUT2D eigenvalue weighted by Gasteiger charge is 2.41. The first-order chi connectivity index (χ1) is 18.2. The third-order valence-corrected chi connectivity index (χ3v) is 6.88. The highest BCUT2D eigenvalue weighted by molar-refractivity contribution is 7.46. The van der Waals surface area contributed by atoms with Crippen LogP contribution in [0.5, 0.6) is 5.75 Å². The molecule has 0 aromatic heterocycles. The molecule has 0 spiro atoms. The van der Waals surface area contributed by atoms with Crippen LogP contribution in [0.25, 0.3) is 5.57 Å². The number of amides is 3. The van der Waals surface area contributed by atoms with E-state index in [2.05, 4.69) is 15.2 Å². The van der Waals surface area contributed by atoms with E-state index >= 15 is 0 Å². The molecule has 1 aliphatic heterocycles. The van der Waals surface area contributed by atoms with E-state index in [0.717, 1.165) is 5.56 Å². The van der Waals surface area contributed by atoms with Gasteiger partial charge < -0.3 is 20.1 Å². The Morgan fingerprint density at radius 2 is 1.74 bits per heavy atom. The second-order valence-electron chi connectivity index (χ2n) is 10.6. The number of benzene rings is 2. The fraction of sp³-hybridized carbons (Fsp3) is 0.393. The first-order valence-corrected chi connectivity index (χ1v) is 14.2. The van der Waals surface area contributed by atoms with Crippen LogP contribution in [0.3, 0.4) is 0 Å². The van der Waals surface area contributed by atoms with Gasteiger partial charge in [-0.15, -0.1) is 0 Å². The SMILES string of the molecule is C/C(=C\C(=O)N[C@H](C(=O)N1CCC[C@H]1C(=O)NCc1ccccc1)C(C)(C)C)c1ccc(OP(=O)(O)O)cc1. The maximum atomic E-state index is 13.7. The molecule has 210 valence electrons. The molecule has 3 rings (SSSR count). The fourth-order valence-corrected chi connectivity index (χ4v) is 4.80. The Labute approximate surface area is 228 Å². The number of allylic oxidation sites excluding steroid dienone is 1. The normalized spacial score (nSPS) is 16.9. The molecule has 39 heavy (non-hydrogen) atoms. The topological polar surface area (TPSA) is 145 Å². The van der Waals surface area contributed by atoms with Crippen LogP contribution in [0.1, 0.15) is 51.7 Å². The Balaban J connectivity index is 1.68. The van der Waals surface area contributed by atoms with Crippen molar-refractivity contribution < 1.29 is 33.3 Å². The van der Waals surface area contributed by atoms with E-state index < -0.39 is 31.2 Å². The summed E-state index contributed by atoms with van der Waals surface area (Å²) in [7, 11) is -4.67. The quantitative estimate of drug-likeness (QED) is 0.273. The maximum absolute atomic E-state index is 13.7. The molecule has 2 aromatic rings. The second kappa shape index (κ2) is 12.6. The summed E-state index contributed by atoms with van der Waals surface area (Å²) < 4.78 is 15.5. The molecule has 2 aromatic carbocycles. The fourth-order valence-electron chi connectivity index (χ4n) is 4.40. The van der Waals surface area contributed by atoms with E-state index in [-0.39, 0.29) is 17.6 Å². The lowest BCUT2D eigenvalue weighted by atomic mass is 9.85. The second-order valence-corrected chi connectivity index (χ2v) is 11.8. The molecule has 11 heteroatoms. The van der Waals surface area contributed by atoms with Crippen LogP contribution < -0.4 is 15.2 Å². The number of phosphoric ester groups is 1. The van der Waals surface area contributed by atoms with Gasteiger partial charge in [0.15, 0.2) is 0 Å². The molecular formula is C28H36N3O7P. The molecule has 3 amide bonds. The van der Waals surface area contributed by atoms with Gasteiger partial charge in [-0.3, -0.25) is 24.2 Å². The molecule has 1 saturated heterocycles. The molecule has 1 fully saturated rings. The van der Waals surface area contributed by atoms with Crippen LogP contribution in [-0.2, 0) is 25.5 Å². The summed E-state index contributed by atoms with van der Waals surface area (Å²) >= 11 is 0. The molecule has 2 atom stereocenters. The minimum Gasteiger partial charge on any atom is -0.404 e. The van der Waals surface area contributed by atoms with Crippen LogP contribution in [-0.4, -0.2) is 51.0 Å². The number of carbonyl (C=O) groups is 3. The zero-order valence-electron chi connectivity index (χ0n) is 22.6. The third kappa shape index (κ3) is 8.78. The zero-order chi connectivity index (χ0) is 28.8. The van der Waals surface area contributed by atoms with Crippen LogP contribution in [0.15, 0.2) is 60.7 Å². The van der Waals surface area contributed by atoms with Crippen molar-refractivity contribution in [1.82, 2.24) is 15.5 Å². The monoisotopic (exact) mass is 557 g/mol. The van der Waals surface area contributed by atoms with E-state index in [9.17, 15) is 18.9 Å². The van der Waals surface area contributed by atoms with Crippen molar-refractivity contribution in [3.63, 3.8) is 0 Å². The summed E-state index contributed by atoms with van der Waals surface area (Å²) in [5.74, 6) is -1.000. The Hall–Kier alpha value is -3.46. The average molecular weight is 558 g/mol. The van der Waals surface area contributed by atoms with Crippen LogP contribution in [0.4, 0.5) is 0 Å². The molecule has 4 N–H and O–H groups in total. The van der Waals surface area contributed by atoms with Crippen LogP contribution in [0.2, 0.25) is 0 Å². The van der Waals surface area contributed by atoms with Crippen LogP contribution in [0, 0.1) is 5.41 Å². The summed E-state index contributed by atoms with van der Waals surface area (Å²) in [5.41, 5.74) is 1.56. The molecule has 0 radical (unpaired) electrons. The average Bonchev–Trinajstić information content (AvgIpc) is 3.35. The van der Waals surface area contributed by atoms with Crippen molar-refractivity contribution >= 4 is 31.1 Å². The lowest BCUT2D eigenvalue weighted by molar-refractivity contribution is -0.143. The van der Waals surface area contributed by atoms with Crippen molar-refractivity contribution in [3.8, 4) is 5.75 Å². The van der Waals surface area contributed by atoms with E-state index in [1.807, 2.05) is 51.1 Å². The highest BCUT2D eigenvalue weighted by Crippen LogP contribution is 2.37. The van der Waals surface area contributed by atoms with Gasteiger partial charge in [-0.1, -0.05) is 63.2 Å². The minimum atomic E-state index is -4.67. The molecule has 0 unspecified atom stereocenters. The Bertz CT molecular complexity index is 1250. The summed E-state index contributed by atoms with van der Waals surface area (Å²) in [4.78, 5) is 59.0.